The molecule has 5 N–H and O–H groups in total. The first-order valence-electron chi connectivity index (χ1n) is 18.8. The molecule has 0 aliphatic carbocycles. The number of aliphatic hydroxyl groups is 1. The van der Waals surface area contributed by atoms with Crippen LogP contribution in [0.5, 0.6) is 17.4 Å². The van der Waals surface area contributed by atoms with E-state index in [2.05, 4.69) is 69.2 Å². The Kier molecular flexibility index (Phi) is 9.41. The van der Waals surface area contributed by atoms with Crippen LogP contribution in [0.1, 0.15) is 10.4 Å². The monoisotopic (exact) mass is 788 g/mol. The fourth-order valence-corrected chi connectivity index (χ4v) is 7.68. The van der Waals surface area contributed by atoms with Gasteiger partial charge in [0, 0.05) is 105 Å². The molecule has 0 bridgehead atoms. The van der Waals surface area contributed by atoms with Gasteiger partial charge in [-0.05, 0) is 66.7 Å². The molecule has 296 valence electrons. The van der Waals surface area contributed by atoms with Crippen molar-refractivity contribution in [1.29, 1.82) is 0 Å². The summed E-state index contributed by atoms with van der Waals surface area (Å²) in [4.78, 5) is 39.9. The number of benzene rings is 3. The Morgan fingerprint density at radius 2 is 1.29 bits per heavy atom. The van der Waals surface area contributed by atoms with E-state index in [1.54, 1.807) is 33.7 Å². The molecule has 0 unspecified atom stereocenters. The highest BCUT2D eigenvalue weighted by Crippen LogP contribution is 2.38. The zero-order valence-corrected chi connectivity index (χ0v) is 32.9. The van der Waals surface area contributed by atoms with Gasteiger partial charge in [-0.15, -0.1) is 0 Å². The van der Waals surface area contributed by atoms with Gasteiger partial charge in [-0.1, -0.05) is 0 Å². The molecule has 1 amide bonds. The van der Waals surface area contributed by atoms with E-state index in [1.165, 1.54) is 6.33 Å². The van der Waals surface area contributed by atoms with Crippen molar-refractivity contribution in [2.75, 3.05) is 34.5 Å². The molecule has 10 rings (SSSR count). The van der Waals surface area contributed by atoms with E-state index in [9.17, 15) is 4.79 Å². The van der Waals surface area contributed by atoms with Gasteiger partial charge in [0.1, 0.15) is 35.4 Å². The first-order valence-corrected chi connectivity index (χ1v) is 18.8. The fourth-order valence-electron chi connectivity index (χ4n) is 7.68. The number of carbonyl (C=O) groups is 1. The van der Waals surface area contributed by atoms with Crippen molar-refractivity contribution in [1.82, 2.24) is 49.3 Å². The molecule has 0 spiro atoms. The lowest BCUT2D eigenvalue weighted by Crippen LogP contribution is -2.26. The fraction of sp³-hybridized carbons (Fsp3) is 0.159. The zero-order chi connectivity index (χ0) is 40.8. The van der Waals surface area contributed by atoms with Gasteiger partial charge in [0.05, 0.1) is 44.7 Å². The van der Waals surface area contributed by atoms with Crippen LogP contribution < -0.4 is 19.5 Å². The molecule has 7 heterocycles. The lowest BCUT2D eigenvalue weighted by atomic mass is 10.1. The number of amides is 1. The largest absolute Gasteiger partial charge is 0.497 e. The predicted octanol–water partition coefficient (Wildman–Crippen LogP) is 7.13. The maximum Gasteiger partial charge on any atom is 0.251 e. The van der Waals surface area contributed by atoms with Crippen molar-refractivity contribution in [3.63, 3.8) is 0 Å². The van der Waals surface area contributed by atoms with Crippen LogP contribution in [0, 0.1) is 0 Å². The quantitative estimate of drug-likeness (QED) is 0.102. The molecule has 15 nitrogen and oxygen atoms in total. The average Bonchev–Trinajstić information content (AvgIpc) is 4.11. The maximum absolute atomic E-state index is 12.3. The summed E-state index contributed by atoms with van der Waals surface area (Å²) in [5.74, 6) is 1.93. The molecule has 0 saturated heterocycles. The average molecular weight is 789 g/mol. The number of nitrogens with one attached hydrogen (secondary N) is 4. The number of aromatic amines is 3. The standard InChI is InChI=1S/C25H21N5O2.C19H19N5O3/c1-30-12-20(17-9-15(32-3)5-7-23(17)30)22-10-18-24(27-13-28-25(18)29-22)19-11-26-21-6-4-14(31-2)8-16(19)21;1-24-9-14(15-8-13-17(23-15)21-10-22-19(13)27-2)12-7-11(3-4-16(12)24)18(26)20-5-6-25/h4-13,26H,1-3H3,(H,27,28,29);3-4,7-10,25H,5-6H2,1-2H3,(H,20,26)(H,21,22,23). The topological polar surface area (TPSA) is 186 Å². The number of aryl methyl sites for hydroxylation is 2. The van der Waals surface area contributed by atoms with Crippen LogP contribution in [-0.2, 0) is 14.1 Å². The number of nitrogens with zero attached hydrogens (tertiary/aromatic N) is 6. The third kappa shape index (κ3) is 6.52. The maximum atomic E-state index is 12.3. The molecular formula is C44H40N10O5. The van der Waals surface area contributed by atoms with Crippen molar-refractivity contribution in [3.05, 3.63) is 104 Å². The highest BCUT2D eigenvalue weighted by atomic mass is 16.5. The van der Waals surface area contributed by atoms with E-state index < -0.39 is 0 Å². The van der Waals surface area contributed by atoms with Crippen molar-refractivity contribution < 1.29 is 24.1 Å². The number of aromatic nitrogens is 9. The van der Waals surface area contributed by atoms with Gasteiger partial charge in [-0.3, -0.25) is 4.79 Å². The predicted molar refractivity (Wildman–Crippen MR) is 228 cm³/mol. The van der Waals surface area contributed by atoms with E-state index in [0.717, 1.165) is 94.4 Å². The summed E-state index contributed by atoms with van der Waals surface area (Å²) in [7, 11) is 8.94. The van der Waals surface area contributed by atoms with E-state index in [4.69, 9.17) is 19.3 Å². The lowest BCUT2D eigenvalue weighted by Gasteiger charge is -2.04. The number of hydrogen-bond acceptors (Lipinski definition) is 9. The van der Waals surface area contributed by atoms with Crippen LogP contribution in [0.25, 0.3) is 88.5 Å². The van der Waals surface area contributed by atoms with E-state index >= 15 is 0 Å². The van der Waals surface area contributed by atoms with Crippen LogP contribution in [0.2, 0.25) is 0 Å². The normalized spacial score (nSPS) is 11.4. The molecule has 0 atom stereocenters. The van der Waals surface area contributed by atoms with Gasteiger partial charge in [-0.2, -0.15) is 0 Å². The number of hydrogen-bond donors (Lipinski definition) is 5. The van der Waals surface area contributed by atoms with E-state index in [1.807, 2.05) is 73.5 Å². The molecule has 59 heavy (non-hydrogen) atoms. The Balaban J connectivity index is 0.000000155. The molecule has 0 saturated carbocycles. The minimum Gasteiger partial charge on any atom is -0.497 e. The van der Waals surface area contributed by atoms with Gasteiger partial charge < -0.3 is 48.7 Å². The highest BCUT2D eigenvalue weighted by Gasteiger charge is 2.19. The van der Waals surface area contributed by atoms with Crippen LogP contribution in [-0.4, -0.2) is 89.5 Å². The van der Waals surface area contributed by atoms with Crippen molar-refractivity contribution >= 4 is 60.7 Å². The highest BCUT2D eigenvalue weighted by molar-refractivity contribution is 6.06. The Hall–Kier alpha value is -7.65. The minimum absolute atomic E-state index is 0.0947. The van der Waals surface area contributed by atoms with Crippen molar-refractivity contribution in [2.24, 2.45) is 14.1 Å². The van der Waals surface area contributed by atoms with Crippen LogP contribution in [0.4, 0.5) is 0 Å². The number of rotatable bonds is 9. The third-order valence-electron chi connectivity index (χ3n) is 10.6. The first kappa shape index (κ1) is 37.0. The van der Waals surface area contributed by atoms with E-state index in [0.29, 0.717) is 17.1 Å². The summed E-state index contributed by atoms with van der Waals surface area (Å²) in [5, 5.41) is 16.4. The summed E-state index contributed by atoms with van der Waals surface area (Å²) >= 11 is 0. The summed E-state index contributed by atoms with van der Waals surface area (Å²) in [6.07, 6.45) is 9.17. The molecule has 10 aromatic rings. The summed E-state index contributed by atoms with van der Waals surface area (Å²) < 4.78 is 20.3. The second-order valence-corrected chi connectivity index (χ2v) is 14.0. The second-order valence-electron chi connectivity index (χ2n) is 14.0. The summed E-state index contributed by atoms with van der Waals surface area (Å²) in [6, 6.07) is 21.7. The third-order valence-corrected chi connectivity index (χ3v) is 10.6. The molecule has 15 heteroatoms. The molecule has 0 radical (unpaired) electrons. The number of fused-ring (bicyclic) bond motifs is 5. The van der Waals surface area contributed by atoms with Crippen LogP contribution in [0.15, 0.2) is 98.0 Å². The first-order chi connectivity index (χ1) is 28.8. The van der Waals surface area contributed by atoms with Crippen molar-refractivity contribution in [2.45, 2.75) is 0 Å². The molecular weight excluding hydrogens is 749 g/mol. The van der Waals surface area contributed by atoms with Gasteiger partial charge in [0.2, 0.25) is 5.88 Å². The Bertz CT molecular complexity index is 3190. The molecule has 3 aromatic carbocycles. The Labute approximate surface area is 336 Å². The molecule has 0 aliphatic heterocycles. The SMILES string of the molecule is COc1ccc2[nH]cc(-c3ncnc4[nH]c(-c5cn(C)c6ccc(OC)cc56)cc34)c2c1.COc1ncnc2[nH]c(-c3cn(C)c4ccc(C(=O)NCCO)cc34)cc12. The summed E-state index contributed by atoms with van der Waals surface area (Å²) in [5.41, 5.74) is 11.0. The Morgan fingerprint density at radius 3 is 1.97 bits per heavy atom. The van der Waals surface area contributed by atoms with E-state index in [-0.39, 0.29) is 19.1 Å². The molecule has 7 aromatic heterocycles. The second kappa shape index (κ2) is 15.0. The zero-order valence-electron chi connectivity index (χ0n) is 32.9. The van der Waals surface area contributed by atoms with Crippen LogP contribution >= 0.6 is 0 Å². The van der Waals surface area contributed by atoms with Crippen molar-refractivity contribution in [3.8, 4) is 51.2 Å². The van der Waals surface area contributed by atoms with Gasteiger partial charge in [0.25, 0.3) is 5.91 Å². The number of methoxy groups -OCH3 is 3. The molecule has 0 aliphatic rings. The number of aliphatic hydroxyl groups excluding tert-OH is 1. The Morgan fingerprint density at radius 1 is 0.678 bits per heavy atom. The summed E-state index contributed by atoms with van der Waals surface area (Å²) in [6.45, 7) is 0.126. The smallest absolute Gasteiger partial charge is 0.251 e. The van der Waals surface area contributed by atoms with Crippen LogP contribution in [0.3, 0.4) is 0 Å². The van der Waals surface area contributed by atoms with Gasteiger partial charge in [-0.25, -0.2) is 19.9 Å². The molecule has 0 fully saturated rings. The number of ether oxygens (including phenoxy) is 3. The minimum atomic E-state index is -0.218. The van der Waals surface area contributed by atoms with Gasteiger partial charge in [0.15, 0.2) is 0 Å². The number of H-pyrrole nitrogens is 3. The lowest BCUT2D eigenvalue weighted by molar-refractivity contribution is 0.0945. The number of carbonyl (C=O) groups excluding carboxylic acids is 1. The van der Waals surface area contributed by atoms with Gasteiger partial charge >= 0.3 is 0 Å².